The Kier molecular flexibility index (Phi) is 10.6. The minimum absolute atomic E-state index is 0.0702. The second-order valence-electron chi connectivity index (χ2n) is 12.0. The van der Waals surface area contributed by atoms with E-state index in [1.54, 1.807) is 14.0 Å². The third-order valence-corrected chi connectivity index (χ3v) is 8.38. The number of rotatable bonds is 10. The Morgan fingerprint density at radius 1 is 1.13 bits per heavy atom. The number of carbonyl (C=O) groups is 3. The SMILES string of the molecule is COc1cc(CCC(OC(=O)C2CCCCN2C(=O)C(=O)C2(O)OC(C(C)C)CCC2C)C(C)C)ccc1C. The number of methoxy groups -OCH3 is 1. The number of ether oxygens (including phenoxy) is 3. The van der Waals surface area contributed by atoms with E-state index in [4.69, 9.17) is 14.2 Å². The van der Waals surface area contributed by atoms with Gasteiger partial charge in [-0.05, 0) is 80.9 Å². The molecule has 5 atom stereocenters. The number of aliphatic hydroxyl groups is 1. The summed E-state index contributed by atoms with van der Waals surface area (Å²) in [6, 6.07) is 5.21. The molecule has 2 aliphatic rings. The third-order valence-electron chi connectivity index (χ3n) is 8.38. The van der Waals surface area contributed by atoms with Crippen LogP contribution in [-0.4, -0.2) is 65.4 Å². The minimum Gasteiger partial charge on any atom is -0.496 e. The van der Waals surface area contributed by atoms with Crippen molar-refractivity contribution in [2.75, 3.05) is 13.7 Å². The molecule has 0 aromatic heterocycles. The standard InChI is InChI=1S/C31H47NO7/c1-19(2)25(16-14-23-13-11-21(5)27(18-23)37-7)38-30(35)24-10-8-9-17-32(24)29(34)28(33)31(36)22(6)12-15-26(39-31)20(3)4/h11,13,18-20,22,24-26,36H,8-10,12,14-17H2,1-7H3. The lowest BCUT2D eigenvalue weighted by molar-refractivity contribution is -0.269. The lowest BCUT2D eigenvalue weighted by Gasteiger charge is -2.43. The second kappa shape index (κ2) is 13.3. The summed E-state index contributed by atoms with van der Waals surface area (Å²) in [4.78, 5) is 41.6. The number of Topliss-reactive ketones (excluding diaryl/α,β-unsaturated/α-hetero) is 1. The predicted molar refractivity (Wildman–Crippen MR) is 148 cm³/mol. The van der Waals surface area contributed by atoms with Crippen molar-refractivity contribution in [2.45, 2.75) is 111 Å². The topological polar surface area (TPSA) is 102 Å². The van der Waals surface area contributed by atoms with Crippen molar-refractivity contribution in [2.24, 2.45) is 17.8 Å². The smallest absolute Gasteiger partial charge is 0.329 e. The summed E-state index contributed by atoms with van der Waals surface area (Å²) in [6.45, 7) is 11.9. The molecule has 8 nitrogen and oxygen atoms in total. The predicted octanol–water partition coefficient (Wildman–Crippen LogP) is 4.61. The minimum atomic E-state index is -2.19. The van der Waals surface area contributed by atoms with Crippen molar-refractivity contribution in [1.29, 1.82) is 0 Å². The fourth-order valence-corrected chi connectivity index (χ4v) is 5.55. The molecular formula is C31H47NO7. The van der Waals surface area contributed by atoms with Crippen LogP contribution in [0.5, 0.6) is 5.75 Å². The Bertz CT molecular complexity index is 1020. The number of benzene rings is 1. The summed E-state index contributed by atoms with van der Waals surface area (Å²) >= 11 is 0. The van der Waals surface area contributed by atoms with E-state index in [0.29, 0.717) is 38.5 Å². The molecule has 0 radical (unpaired) electrons. The number of amides is 1. The molecule has 0 aliphatic carbocycles. The van der Waals surface area contributed by atoms with Crippen molar-refractivity contribution in [1.82, 2.24) is 4.90 Å². The van der Waals surface area contributed by atoms with E-state index in [9.17, 15) is 19.5 Å². The Morgan fingerprint density at radius 2 is 1.85 bits per heavy atom. The maximum Gasteiger partial charge on any atom is 0.329 e. The van der Waals surface area contributed by atoms with Gasteiger partial charge in [-0.3, -0.25) is 9.59 Å². The van der Waals surface area contributed by atoms with E-state index >= 15 is 0 Å². The number of hydrogen-bond acceptors (Lipinski definition) is 7. The van der Waals surface area contributed by atoms with Crippen LogP contribution in [0.1, 0.15) is 84.3 Å². The van der Waals surface area contributed by atoms with Crippen LogP contribution in [0.3, 0.4) is 0 Å². The number of ketones is 1. The van der Waals surface area contributed by atoms with Crippen LogP contribution in [-0.2, 0) is 30.3 Å². The van der Waals surface area contributed by atoms with Gasteiger partial charge in [0.25, 0.3) is 11.7 Å². The van der Waals surface area contributed by atoms with Gasteiger partial charge >= 0.3 is 5.97 Å². The Hall–Kier alpha value is -2.45. The molecule has 0 spiro atoms. The Balaban J connectivity index is 1.71. The molecular weight excluding hydrogens is 498 g/mol. The molecule has 39 heavy (non-hydrogen) atoms. The quantitative estimate of drug-likeness (QED) is 0.338. The van der Waals surface area contributed by atoms with Gasteiger partial charge < -0.3 is 24.2 Å². The fraction of sp³-hybridized carbons (Fsp3) is 0.710. The van der Waals surface area contributed by atoms with Crippen molar-refractivity contribution >= 4 is 17.7 Å². The van der Waals surface area contributed by atoms with E-state index in [0.717, 1.165) is 23.3 Å². The fourth-order valence-electron chi connectivity index (χ4n) is 5.55. The van der Waals surface area contributed by atoms with Gasteiger partial charge in [-0.2, -0.15) is 0 Å². The van der Waals surface area contributed by atoms with E-state index in [2.05, 4.69) is 0 Å². The van der Waals surface area contributed by atoms with Crippen LogP contribution in [0, 0.1) is 24.7 Å². The normalized spacial score (nSPS) is 26.4. The zero-order valence-corrected chi connectivity index (χ0v) is 24.7. The summed E-state index contributed by atoms with van der Waals surface area (Å²) in [5.41, 5.74) is 2.15. The highest BCUT2D eigenvalue weighted by atomic mass is 16.6. The number of esters is 1. The number of piperidine rings is 1. The first-order valence-electron chi connectivity index (χ1n) is 14.5. The average molecular weight is 546 g/mol. The van der Waals surface area contributed by atoms with E-state index in [1.807, 2.05) is 52.8 Å². The van der Waals surface area contributed by atoms with E-state index in [1.165, 1.54) is 4.90 Å². The molecule has 2 heterocycles. The molecule has 0 saturated carbocycles. The van der Waals surface area contributed by atoms with Gasteiger partial charge in [0.15, 0.2) is 0 Å². The maximum atomic E-state index is 13.5. The number of aryl methyl sites for hydroxylation is 2. The van der Waals surface area contributed by atoms with Crippen LogP contribution in [0.25, 0.3) is 0 Å². The zero-order valence-electron chi connectivity index (χ0n) is 24.7. The third kappa shape index (κ3) is 7.20. The summed E-state index contributed by atoms with van der Waals surface area (Å²) in [5.74, 6) is -4.09. The molecule has 2 fully saturated rings. The molecule has 3 rings (SSSR count). The number of hydrogen-bond donors (Lipinski definition) is 1. The second-order valence-corrected chi connectivity index (χ2v) is 12.0. The van der Waals surface area contributed by atoms with E-state index < -0.39 is 35.4 Å². The van der Waals surface area contributed by atoms with E-state index in [-0.39, 0.29) is 30.6 Å². The van der Waals surface area contributed by atoms with Gasteiger partial charge in [0, 0.05) is 12.5 Å². The molecule has 0 bridgehead atoms. The molecule has 2 saturated heterocycles. The summed E-state index contributed by atoms with van der Waals surface area (Å²) in [7, 11) is 1.65. The highest BCUT2D eigenvalue weighted by Crippen LogP contribution is 2.36. The van der Waals surface area contributed by atoms with Gasteiger partial charge in [0.05, 0.1) is 13.2 Å². The summed E-state index contributed by atoms with van der Waals surface area (Å²) in [5, 5.41) is 11.3. The molecule has 1 aromatic carbocycles. The van der Waals surface area contributed by atoms with Crippen LogP contribution in [0.2, 0.25) is 0 Å². The summed E-state index contributed by atoms with van der Waals surface area (Å²) in [6.07, 6.45) is 3.80. The lowest BCUT2D eigenvalue weighted by Crippen LogP contribution is -2.61. The van der Waals surface area contributed by atoms with Crippen molar-refractivity contribution in [3.63, 3.8) is 0 Å². The van der Waals surface area contributed by atoms with Crippen molar-refractivity contribution < 1.29 is 33.7 Å². The largest absolute Gasteiger partial charge is 0.496 e. The zero-order chi connectivity index (χ0) is 28.9. The number of likely N-dealkylation sites (tertiary alicyclic amines) is 1. The molecule has 1 amide bonds. The Morgan fingerprint density at radius 3 is 2.49 bits per heavy atom. The first-order chi connectivity index (χ1) is 18.4. The number of nitrogens with zero attached hydrogens (tertiary/aromatic N) is 1. The lowest BCUT2D eigenvalue weighted by atomic mass is 9.84. The monoisotopic (exact) mass is 545 g/mol. The number of carbonyl (C=O) groups excluding carboxylic acids is 3. The van der Waals surface area contributed by atoms with Gasteiger partial charge in [-0.1, -0.05) is 46.8 Å². The summed E-state index contributed by atoms with van der Waals surface area (Å²) < 4.78 is 17.3. The molecule has 5 unspecified atom stereocenters. The van der Waals surface area contributed by atoms with Gasteiger partial charge in [-0.15, -0.1) is 0 Å². The maximum absolute atomic E-state index is 13.5. The van der Waals surface area contributed by atoms with Crippen LogP contribution in [0.4, 0.5) is 0 Å². The molecule has 1 aromatic rings. The Labute approximate surface area is 233 Å². The van der Waals surface area contributed by atoms with Gasteiger partial charge in [0.1, 0.15) is 17.9 Å². The first kappa shape index (κ1) is 31.1. The van der Waals surface area contributed by atoms with Crippen molar-refractivity contribution in [3.8, 4) is 5.75 Å². The highest BCUT2D eigenvalue weighted by Gasteiger charge is 2.53. The highest BCUT2D eigenvalue weighted by molar-refractivity contribution is 6.39. The van der Waals surface area contributed by atoms with Gasteiger partial charge in [-0.25, -0.2) is 4.79 Å². The molecule has 1 N–H and O–H groups in total. The van der Waals surface area contributed by atoms with Gasteiger partial charge in [0.2, 0.25) is 5.79 Å². The average Bonchev–Trinajstić information content (AvgIpc) is 2.91. The van der Waals surface area contributed by atoms with Crippen LogP contribution < -0.4 is 4.74 Å². The van der Waals surface area contributed by atoms with Crippen molar-refractivity contribution in [3.05, 3.63) is 29.3 Å². The molecule has 2 aliphatic heterocycles. The van der Waals surface area contributed by atoms with Crippen LogP contribution >= 0.6 is 0 Å². The van der Waals surface area contributed by atoms with Crippen LogP contribution in [0.15, 0.2) is 18.2 Å². The molecule has 8 heteroatoms. The first-order valence-corrected chi connectivity index (χ1v) is 14.5. The molecule has 218 valence electrons.